The van der Waals surface area contributed by atoms with Gasteiger partial charge in [0.1, 0.15) is 44.0 Å². The van der Waals surface area contributed by atoms with E-state index in [0.717, 1.165) is 45.1 Å². The summed E-state index contributed by atoms with van der Waals surface area (Å²) in [5.41, 5.74) is -6.70. The molecule has 0 radical (unpaired) electrons. The van der Waals surface area contributed by atoms with E-state index in [1.165, 1.54) is 29.3 Å². The number of aromatic nitrogens is 2. The Morgan fingerprint density at radius 2 is 1.49 bits per heavy atom. The van der Waals surface area contributed by atoms with Crippen molar-refractivity contribution in [3.8, 4) is 28.7 Å². The van der Waals surface area contributed by atoms with Gasteiger partial charge in [-0.3, -0.25) is 18.1 Å². The number of hydrogen-bond donors (Lipinski definition) is 1. The molecule has 4 rings (SSSR count). The topological polar surface area (TPSA) is 126 Å². The maximum Gasteiger partial charge on any atom is 0.534 e. The number of ketones is 2. The predicted octanol–water partition coefficient (Wildman–Crippen LogP) is 8.15. The molecule has 0 saturated carbocycles. The first kappa shape index (κ1) is 35.4. The van der Waals surface area contributed by atoms with Crippen LogP contribution in [0.1, 0.15) is 32.1 Å². The highest BCUT2D eigenvalue weighted by Crippen LogP contribution is 2.45. The fourth-order valence-corrected chi connectivity index (χ4v) is 7.39. The molecule has 1 N–H and O–H groups in total. The minimum atomic E-state index is -6.02. The van der Waals surface area contributed by atoms with Gasteiger partial charge in [-0.05, 0) is 30.3 Å². The molecule has 10 nitrogen and oxygen atoms in total. The van der Waals surface area contributed by atoms with Crippen LogP contribution in [0.2, 0.25) is 20.4 Å². The number of phenolic OH excluding ortho intramolecular Hbond substituents is 1. The average Bonchev–Trinajstić information content (AvgIpc) is 3.41. The molecule has 0 unspecified atom stereocenters. The molecule has 20 heteroatoms. The summed E-state index contributed by atoms with van der Waals surface area (Å²) >= 11 is 27.8. The Morgan fingerprint density at radius 1 is 0.911 bits per heavy atom. The highest BCUT2D eigenvalue weighted by molar-refractivity contribution is 14.2. The molecular formula is C25H14Cl4F3IN2O8S2. The molecule has 0 amide bonds. The Hall–Kier alpha value is -2.48. The van der Waals surface area contributed by atoms with Gasteiger partial charge in [-0.25, -0.2) is 0 Å². The van der Waals surface area contributed by atoms with Crippen LogP contribution >= 0.6 is 76.7 Å². The number of nitrogens with zero attached hydrogens (tertiary/aromatic N) is 2. The number of carbonyl (C=O) groups excluding carboxylic acids is 2. The lowest BCUT2D eigenvalue weighted by Gasteiger charge is -2.15. The van der Waals surface area contributed by atoms with Crippen molar-refractivity contribution in [1.82, 2.24) is 8.54 Å². The summed E-state index contributed by atoms with van der Waals surface area (Å²) < 4.78 is 78.3. The molecule has 0 aliphatic rings. The largest absolute Gasteiger partial charge is 0.534 e. The SMILES string of the molecule is COc1cc(O)ccc1C(=O)c1c(-n2c(C(=O)c3ccc(OS(=O)(=O)C(F)(F)F)cc3OC)cc(Cl)c2Cl)c(Cl)c(Cl)n1SI. The summed E-state index contributed by atoms with van der Waals surface area (Å²) in [7, 11) is -2.72. The van der Waals surface area contributed by atoms with E-state index in [4.69, 9.17) is 55.9 Å². The van der Waals surface area contributed by atoms with Crippen molar-refractivity contribution in [2.75, 3.05) is 14.2 Å². The van der Waals surface area contributed by atoms with Gasteiger partial charge in [0.2, 0.25) is 11.6 Å². The lowest BCUT2D eigenvalue weighted by Crippen LogP contribution is -2.28. The fourth-order valence-electron chi connectivity index (χ4n) is 4.01. The van der Waals surface area contributed by atoms with Gasteiger partial charge in [-0.15, -0.1) is 0 Å². The lowest BCUT2D eigenvalue weighted by molar-refractivity contribution is -0.0500. The number of aromatic hydroxyl groups is 1. The smallest absolute Gasteiger partial charge is 0.508 e. The van der Waals surface area contributed by atoms with Crippen molar-refractivity contribution in [3.63, 3.8) is 0 Å². The number of carbonyl (C=O) groups is 2. The number of rotatable bonds is 10. The van der Waals surface area contributed by atoms with Gasteiger partial charge in [0.05, 0.1) is 41.8 Å². The summed E-state index contributed by atoms with van der Waals surface area (Å²) in [6.07, 6.45) is 0. The zero-order valence-electron chi connectivity index (χ0n) is 22.1. The number of methoxy groups -OCH3 is 2. The van der Waals surface area contributed by atoms with Crippen LogP contribution in [0.3, 0.4) is 0 Å². The van der Waals surface area contributed by atoms with Crippen LogP contribution in [-0.2, 0) is 10.1 Å². The maximum atomic E-state index is 14.0. The minimum absolute atomic E-state index is 0.00285. The Bertz CT molecular complexity index is 1970. The minimum Gasteiger partial charge on any atom is -0.508 e. The molecule has 0 spiro atoms. The third-order valence-electron chi connectivity index (χ3n) is 5.97. The number of phenols is 1. The first-order valence-electron chi connectivity index (χ1n) is 11.6. The van der Waals surface area contributed by atoms with Crippen LogP contribution in [0.15, 0.2) is 42.5 Å². The van der Waals surface area contributed by atoms with E-state index in [1.54, 1.807) is 0 Å². The second kappa shape index (κ2) is 13.3. The van der Waals surface area contributed by atoms with Gasteiger partial charge in [0, 0.05) is 42.5 Å². The second-order valence-corrected chi connectivity index (χ2v) is 13.3. The summed E-state index contributed by atoms with van der Waals surface area (Å²) in [5, 5.41) is 9.07. The van der Waals surface area contributed by atoms with Crippen molar-refractivity contribution in [3.05, 3.63) is 85.3 Å². The molecule has 2 aromatic carbocycles. The van der Waals surface area contributed by atoms with Gasteiger partial charge in [0.25, 0.3) is 0 Å². The molecule has 0 bridgehead atoms. The van der Waals surface area contributed by atoms with Crippen LogP contribution in [-0.4, -0.2) is 53.4 Å². The molecule has 0 fully saturated rings. The zero-order chi connectivity index (χ0) is 33.6. The first-order valence-corrected chi connectivity index (χ1v) is 17.8. The normalized spacial score (nSPS) is 11.9. The van der Waals surface area contributed by atoms with Crippen LogP contribution in [0, 0.1) is 0 Å². The van der Waals surface area contributed by atoms with Crippen LogP contribution in [0.5, 0.6) is 23.0 Å². The van der Waals surface area contributed by atoms with Crippen molar-refractivity contribution in [1.29, 1.82) is 0 Å². The predicted molar refractivity (Wildman–Crippen MR) is 171 cm³/mol. The Kier molecular flexibility index (Phi) is 10.5. The number of halogens is 8. The van der Waals surface area contributed by atoms with Gasteiger partial charge in [-0.1, -0.05) is 46.4 Å². The standard InChI is InChI=1S/C25H14Cl4F3IN2O8S2/c1-41-16-7-10(36)3-5-13(16)22(38)20-19(18(27)24(29)35(20)44-33)34-15(9-14(26)23(34)28)21(37)12-6-4-11(8-17(12)42-2)43-45(39,40)25(30,31)32/h3-9,36H,1-2H3. The molecular weight excluding hydrogens is 846 g/mol. The third kappa shape index (κ3) is 6.55. The van der Waals surface area contributed by atoms with Crippen molar-refractivity contribution >= 4 is 98.4 Å². The van der Waals surface area contributed by atoms with Crippen LogP contribution < -0.4 is 13.7 Å². The van der Waals surface area contributed by atoms with Crippen LogP contribution in [0.4, 0.5) is 13.2 Å². The van der Waals surface area contributed by atoms with Crippen molar-refractivity contribution in [2.24, 2.45) is 0 Å². The number of benzene rings is 2. The quantitative estimate of drug-likeness (QED) is 0.0728. The number of ether oxygens (including phenoxy) is 2. The maximum absolute atomic E-state index is 14.0. The third-order valence-corrected chi connectivity index (χ3v) is 10.3. The van der Waals surface area contributed by atoms with E-state index in [0.29, 0.717) is 0 Å². The van der Waals surface area contributed by atoms with E-state index in [9.17, 15) is 36.3 Å². The van der Waals surface area contributed by atoms with Crippen LogP contribution in [0.25, 0.3) is 5.69 Å². The number of alkyl halides is 3. The van der Waals surface area contributed by atoms with Crippen molar-refractivity contribution < 1.29 is 49.9 Å². The van der Waals surface area contributed by atoms with Gasteiger partial charge in [0.15, 0.2) is 0 Å². The zero-order valence-corrected chi connectivity index (χ0v) is 28.9. The molecule has 2 aromatic heterocycles. The molecule has 45 heavy (non-hydrogen) atoms. The molecule has 0 saturated heterocycles. The average molecular weight is 860 g/mol. The van der Waals surface area contributed by atoms with E-state index < -0.39 is 32.9 Å². The monoisotopic (exact) mass is 858 g/mol. The fraction of sp³-hybridized carbons (Fsp3) is 0.120. The Labute approximate surface area is 288 Å². The first-order chi connectivity index (χ1) is 21.0. The van der Waals surface area contributed by atoms with Gasteiger partial charge in [-0.2, -0.15) is 21.6 Å². The Morgan fingerprint density at radius 3 is 2.07 bits per heavy atom. The second-order valence-electron chi connectivity index (χ2n) is 8.56. The van der Waals surface area contributed by atoms with Gasteiger partial charge >= 0.3 is 15.6 Å². The summed E-state index contributed by atoms with van der Waals surface area (Å²) in [6.45, 7) is 0. The summed E-state index contributed by atoms with van der Waals surface area (Å²) in [6, 6.07) is 7.39. The van der Waals surface area contributed by atoms with E-state index in [-0.39, 0.29) is 65.8 Å². The van der Waals surface area contributed by atoms with E-state index in [1.807, 2.05) is 21.2 Å². The molecule has 240 valence electrons. The lowest BCUT2D eigenvalue weighted by atomic mass is 10.0. The Balaban J connectivity index is 1.93. The molecule has 0 atom stereocenters. The van der Waals surface area contributed by atoms with E-state index >= 15 is 0 Å². The summed E-state index contributed by atoms with van der Waals surface area (Å²) in [5.74, 6) is -2.99. The van der Waals surface area contributed by atoms with Crippen molar-refractivity contribution in [2.45, 2.75) is 5.51 Å². The van der Waals surface area contributed by atoms with Gasteiger partial charge < -0.3 is 18.8 Å². The summed E-state index contributed by atoms with van der Waals surface area (Å²) in [4.78, 5) is 27.9. The number of hydrogen-bond acceptors (Lipinski definition) is 9. The molecule has 0 aliphatic heterocycles. The highest BCUT2D eigenvalue weighted by atomic mass is 127. The highest BCUT2D eigenvalue weighted by Gasteiger charge is 2.48. The molecule has 2 heterocycles. The molecule has 4 aromatic rings. The molecule has 0 aliphatic carbocycles. The van der Waals surface area contributed by atoms with E-state index in [2.05, 4.69) is 4.18 Å².